The number of hydrogen-bond acceptors (Lipinski definition) is 3. The van der Waals surface area contributed by atoms with Crippen molar-refractivity contribution in [1.82, 2.24) is 10.2 Å². The largest absolute Gasteiger partial charge is 0.497 e. The van der Waals surface area contributed by atoms with Gasteiger partial charge in [0.25, 0.3) is 5.91 Å². The van der Waals surface area contributed by atoms with Crippen LogP contribution in [0, 0.1) is 30.4 Å². The number of fused-ring (bicyclic) bond motifs is 1. The highest BCUT2D eigenvalue weighted by molar-refractivity contribution is 5.95. The lowest BCUT2D eigenvalue weighted by molar-refractivity contribution is 0.0703. The average Bonchev–Trinajstić information content (AvgIpc) is 3.22. The second-order valence-corrected chi connectivity index (χ2v) is 7.31. The standard InChI is InChI=1S/C21H22F2N2O2.ClH/c1-12-5-3-4-6-15(12)20-16-10-24-9-13(16)11-25(20)21(26)19-17(22)7-14(27-2)8-18(19)23;/h3-8,13,16,20,24H,9-11H2,1-2H3;1H/t13-,16-,20-;/m0./s1. The highest BCUT2D eigenvalue weighted by Gasteiger charge is 2.48. The molecule has 0 aliphatic carbocycles. The molecule has 2 saturated heterocycles. The molecule has 2 fully saturated rings. The highest BCUT2D eigenvalue weighted by Crippen LogP contribution is 2.44. The number of carbonyl (C=O) groups excluding carboxylic acids is 1. The third-order valence-electron chi connectivity index (χ3n) is 5.80. The van der Waals surface area contributed by atoms with Crippen LogP contribution in [0.2, 0.25) is 0 Å². The van der Waals surface area contributed by atoms with Gasteiger partial charge in [-0.2, -0.15) is 0 Å². The van der Waals surface area contributed by atoms with E-state index in [1.54, 1.807) is 4.90 Å². The first kappa shape index (κ1) is 20.6. The smallest absolute Gasteiger partial charge is 0.260 e. The highest BCUT2D eigenvalue weighted by atomic mass is 35.5. The molecule has 2 aromatic carbocycles. The number of likely N-dealkylation sites (tertiary alicyclic amines) is 1. The zero-order chi connectivity index (χ0) is 19.1. The van der Waals surface area contributed by atoms with Gasteiger partial charge in [0.2, 0.25) is 0 Å². The molecular formula is C21H23ClF2N2O2. The van der Waals surface area contributed by atoms with E-state index in [0.717, 1.165) is 36.3 Å². The topological polar surface area (TPSA) is 41.6 Å². The summed E-state index contributed by atoms with van der Waals surface area (Å²) in [7, 11) is 1.33. The van der Waals surface area contributed by atoms with Gasteiger partial charge in [0.05, 0.1) is 13.2 Å². The second-order valence-electron chi connectivity index (χ2n) is 7.31. The number of halogens is 3. The maximum absolute atomic E-state index is 14.5. The van der Waals surface area contributed by atoms with Crippen molar-refractivity contribution < 1.29 is 18.3 Å². The van der Waals surface area contributed by atoms with Gasteiger partial charge < -0.3 is 15.0 Å². The molecule has 3 atom stereocenters. The van der Waals surface area contributed by atoms with E-state index in [-0.39, 0.29) is 36.0 Å². The molecule has 1 amide bonds. The first-order valence-electron chi connectivity index (χ1n) is 9.11. The number of amides is 1. The molecule has 2 aliphatic heterocycles. The quantitative estimate of drug-likeness (QED) is 0.841. The Morgan fingerprint density at radius 2 is 1.86 bits per heavy atom. The third-order valence-corrected chi connectivity index (χ3v) is 5.80. The Morgan fingerprint density at radius 1 is 1.18 bits per heavy atom. The molecule has 0 saturated carbocycles. The fourth-order valence-corrected chi connectivity index (χ4v) is 4.46. The maximum Gasteiger partial charge on any atom is 0.260 e. The number of hydrogen-bond donors (Lipinski definition) is 1. The van der Waals surface area contributed by atoms with E-state index in [4.69, 9.17) is 4.74 Å². The Hall–Kier alpha value is -2.18. The molecule has 0 aromatic heterocycles. The van der Waals surface area contributed by atoms with Gasteiger partial charge in [-0.15, -0.1) is 12.4 Å². The second kappa shape index (κ2) is 8.05. The minimum atomic E-state index is -0.893. The van der Waals surface area contributed by atoms with E-state index in [9.17, 15) is 13.6 Å². The molecule has 2 aliphatic rings. The lowest BCUT2D eigenvalue weighted by atomic mass is 9.87. The van der Waals surface area contributed by atoms with Gasteiger partial charge in [0.15, 0.2) is 0 Å². The minimum Gasteiger partial charge on any atom is -0.497 e. The molecule has 0 spiro atoms. The van der Waals surface area contributed by atoms with E-state index >= 15 is 0 Å². The summed E-state index contributed by atoms with van der Waals surface area (Å²) in [5.41, 5.74) is 1.60. The number of aryl methyl sites for hydroxylation is 1. The Kier molecular flexibility index (Phi) is 5.91. The van der Waals surface area contributed by atoms with E-state index in [1.807, 2.05) is 31.2 Å². The van der Waals surface area contributed by atoms with Crippen LogP contribution in [0.15, 0.2) is 36.4 Å². The summed E-state index contributed by atoms with van der Waals surface area (Å²) in [5, 5.41) is 3.38. The molecule has 4 rings (SSSR count). The van der Waals surface area contributed by atoms with Crippen molar-refractivity contribution in [3.05, 3.63) is 64.7 Å². The molecular weight excluding hydrogens is 386 g/mol. The van der Waals surface area contributed by atoms with Crippen molar-refractivity contribution >= 4 is 18.3 Å². The van der Waals surface area contributed by atoms with Crippen molar-refractivity contribution in [3.63, 3.8) is 0 Å². The molecule has 0 radical (unpaired) electrons. The van der Waals surface area contributed by atoms with E-state index < -0.39 is 23.1 Å². The molecule has 0 bridgehead atoms. The van der Waals surface area contributed by atoms with Gasteiger partial charge >= 0.3 is 0 Å². The van der Waals surface area contributed by atoms with Crippen LogP contribution in [0.3, 0.4) is 0 Å². The van der Waals surface area contributed by atoms with Crippen molar-refractivity contribution in [1.29, 1.82) is 0 Å². The number of nitrogens with one attached hydrogen (secondary N) is 1. The predicted octanol–water partition coefficient (Wildman–Crippen LogP) is 3.74. The van der Waals surface area contributed by atoms with Crippen LogP contribution >= 0.6 is 12.4 Å². The molecule has 28 heavy (non-hydrogen) atoms. The minimum absolute atomic E-state index is 0. The Bertz CT molecular complexity index is 869. The summed E-state index contributed by atoms with van der Waals surface area (Å²) in [6, 6.07) is 9.81. The normalized spacial score (nSPS) is 23.3. The summed E-state index contributed by atoms with van der Waals surface area (Å²) in [4.78, 5) is 14.8. The summed E-state index contributed by atoms with van der Waals surface area (Å²) in [5.74, 6) is -1.82. The third kappa shape index (κ3) is 3.35. The monoisotopic (exact) mass is 408 g/mol. The molecule has 2 heterocycles. The average molecular weight is 409 g/mol. The first-order valence-corrected chi connectivity index (χ1v) is 9.11. The number of benzene rings is 2. The summed E-state index contributed by atoms with van der Waals surface area (Å²) in [6.07, 6.45) is 0. The molecule has 2 aromatic rings. The molecule has 4 nitrogen and oxygen atoms in total. The van der Waals surface area contributed by atoms with Crippen molar-refractivity contribution in [2.45, 2.75) is 13.0 Å². The van der Waals surface area contributed by atoms with Crippen molar-refractivity contribution in [2.24, 2.45) is 11.8 Å². The van der Waals surface area contributed by atoms with Gasteiger partial charge in [-0.1, -0.05) is 24.3 Å². The van der Waals surface area contributed by atoms with Gasteiger partial charge in [0.1, 0.15) is 22.9 Å². The fourth-order valence-electron chi connectivity index (χ4n) is 4.46. The van der Waals surface area contributed by atoms with E-state index in [2.05, 4.69) is 5.32 Å². The summed E-state index contributed by atoms with van der Waals surface area (Å²) >= 11 is 0. The van der Waals surface area contributed by atoms with Crippen molar-refractivity contribution in [3.8, 4) is 5.75 Å². The molecule has 0 unspecified atom stereocenters. The van der Waals surface area contributed by atoms with Crippen molar-refractivity contribution in [2.75, 3.05) is 26.7 Å². The van der Waals surface area contributed by atoms with Crippen LogP contribution in [0.4, 0.5) is 8.78 Å². The molecule has 1 N–H and O–H groups in total. The van der Waals surface area contributed by atoms with Gasteiger partial charge in [0, 0.05) is 37.7 Å². The number of methoxy groups -OCH3 is 1. The number of nitrogens with zero attached hydrogens (tertiary/aromatic N) is 1. The molecule has 7 heteroatoms. The zero-order valence-electron chi connectivity index (χ0n) is 15.7. The lowest BCUT2D eigenvalue weighted by Gasteiger charge is -2.30. The fraction of sp³-hybridized carbons (Fsp3) is 0.381. The van der Waals surface area contributed by atoms with Crippen LogP contribution in [0.25, 0.3) is 0 Å². The SMILES string of the molecule is COc1cc(F)c(C(=O)N2C[C@@H]3CNC[C@@H]3[C@@H]2c2ccccc2C)c(F)c1.Cl. The van der Waals surface area contributed by atoms with Gasteiger partial charge in [-0.25, -0.2) is 8.78 Å². The number of carbonyl (C=O) groups is 1. The van der Waals surface area contributed by atoms with Crippen LogP contribution in [0.5, 0.6) is 5.75 Å². The lowest BCUT2D eigenvalue weighted by Crippen LogP contribution is -2.36. The maximum atomic E-state index is 14.5. The van der Waals surface area contributed by atoms with Gasteiger partial charge in [-0.05, 0) is 24.0 Å². The first-order chi connectivity index (χ1) is 13.0. The van der Waals surface area contributed by atoms with Gasteiger partial charge in [-0.3, -0.25) is 4.79 Å². The van der Waals surface area contributed by atoms with Crippen LogP contribution in [-0.2, 0) is 0 Å². The Balaban J connectivity index is 0.00000225. The number of ether oxygens (including phenoxy) is 1. The summed E-state index contributed by atoms with van der Waals surface area (Å²) < 4.78 is 33.9. The predicted molar refractivity (Wildman–Crippen MR) is 105 cm³/mol. The van der Waals surface area contributed by atoms with E-state index in [1.165, 1.54) is 7.11 Å². The Morgan fingerprint density at radius 3 is 2.50 bits per heavy atom. The zero-order valence-corrected chi connectivity index (χ0v) is 16.6. The molecule has 150 valence electrons. The van der Waals surface area contributed by atoms with Crippen LogP contribution < -0.4 is 10.1 Å². The summed E-state index contributed by atoms with van der Waals surface area (Å²) in [6.45, 7) is 4.09. The number of rotatable bonds is 3. The van der Waals surface area contributed by atoms with Crippen LogP contribution in [0.1, 0.15) is 27.5 Å². The van der Waals surface area contributed by atoms with Crippen LogP contribution in [-0.4, -0.2) is 37.6 Å². The Labute approximate surface area is 169 Å². The van der Waals surface area contributed by atoms with E-state index in [0.29, 0.717) is 6.54 Å².